The molecule has 1 amide bonds. The van der Waals surface area contributed by atoms with Crippen LogP contribution in [0.25, 0.3) is 11.4 Å². The van der Waals surface area contributed by atoms with Crippen LogP contribution in [0.15, 0.2) is 24.3 Å². The van der Waals surface area contributed by atoms with Crippen LogP contribution in [-0.2, 0) is 47.4 Å². The third-order valence-electron chi connectivity index (χ3n) is 5.41. The van der Waals surface area contributed by atoms with Gasteiger partial charge in [0, 0.05) is 36.9 Å². The van der Waals surface area contributed by atoms with E-state index >= 15 is 0 Å². The van der Waals surface area contributed by atoms with E-state index < -0.39 is 22.5 Å². The molecule has 3 N–H and O–H groups in total. The van der Waals surface area contributed by atoms with Gasteiger partial charge in [0.05, 0.1) is 19.3 Å². The average Bonchev–Trinajstić information content (AvgIpc) is 2.90. The fourth-order valence-corrected chi connectivity index (χ4v) is 6.01. The number of aliphatic hydroxyl groups excluding tert-OH is 1. The number of rotatable bonds is 16. The Morgan fingerprint density at radius 1 is 0.932 bits per heavy atom. The Morgan fingerprint density at radius 3 is 1.93 bits per heavy atom. The number of aliphatic hydroxyl groups is 1. The molecule has 0 fully saturated rings. The molecule has 0 saturated heterocycles. The first kappa shape index (κ1) is 46.5. The van der Waals surface area contributed by atoms with E-state index in [1.807, 2.05) is 13.8 Å². The summed E-state index contributed by atoms with van der Waals surface area (Å²) < 4.78 is 12.3. The van der Waals surface area contributed by atoms with Crippen molar-refractivity contribution in [3.63, 3.8) is 0 Å². The second kappa shape index (κ2) is 22.1. The van der Waals surface area contributed by atoms with Gasteiger partial charge in [-0.3, -0.25) is 4.79 Å². The normalized spacial score (nSPS) is 12.4. The van der Waals surface area contributed by atoms with Crippen molar-refractivity contribution in [3.8, 4) is 11.4 Å². The third kappa shape index (κ3) is 16.4. The van der Waals surface area contributed by atoms with Crippen molar-refractivity contribution in [2.24, 2.45) is 0 Å². The fraction of sp³-hybridized carbons (Fsp3) is 0.538. The van der Waals surface area contributed by atoms with Gasteiger partial charge in [-0.25, -0.2) is 15.0 Å². The van der Waals surface area contributed by atoms with Gasteiger partial charge in [-0.2, -0.15) is 0 Å². The summed E-state index contributed by atoms with van der Waals surface area (Å²) in [6, 6.07) is 6.74. The summed E-state index contributed by atoms with van der Waals surface area (Å²) in [5, 5.41) is 12.9. The number of benzene rings is 1. The van der Waals surface area contributed by atoms with Gasteiger partial charge >= 0.3 is 35.0 Å². The van der Waals surface area contributed by atoms with Gasteiger partial charge < -0.3 is 43.7 Å². The summed E-state index contributed by atoms with van der Waals surface area (Å²) in [7, 11) is -3.13. The van der Waals surface area contributed by atoms with Crippen LogP contribution in [0, 0.1) is 14.9 Å². The van der Waals surface area contributed by atoms with Crippen molar-refractivity contribution in [2.75, 3.05) is 33.0 Å². The first-order valence-electron chi connectivity index (χ1n) is 12.7. The second-order valence-electron chi connectivity index (χ2n) is 8.69. The number of carbonyl (C=O) groups is 1. The number of alkyl halides is 6. The van der Waals surface area contributed by atoms with Crippen LogP contribution in [0.2, 0.25) is 6.04 Å². The summed E-state index contributed by atoms with van der Waals surface area (Å²) in [6.07, 6.45) is 1.21. The maximum absolute atomic E-state index is 12.5. The van der Waals surface area contributed by atoms with Crippen molar-refractivity contribution < 1.29 is 54.5 Å². The molecule has 1 heterocycles. The Balaban J connectivity index is 0. The zero-order valence-corrected chi connectivity index (χ0v) is 32.9. The van der Waals surface area contributed by atoms with Gasteiger partial charge in [-0.15, -0.1) is 0 Å². The van der Waals surface area contributed by atoms with E-state index in [1.165, 1.54) is 0 Å². The molecule has 1 atom stereocenters. The zero-order valence-electron chi connectivity index (χ0n) is 24.9. The molecule has 0 radical (unpaired) electrons. The quantitative estimate of drug-likeness (QED) is 0.0764. The molecule has 0 aliphatic carbocycles. The van der Waals surface area contributed by atoms with Crippen LogP contribution >= 0.6 is 69.6 Å². The predicted octanol–water partition coefficient (Wildman–Crippen LogP) is 6.37. The molecule has 44 heavy (non-hydrogen) atoms. The Hall–Kier alpha value is 0.340. The number of hydrogen-bond donors (Lipinski definition) is 3. The molecular formula is C26H38Cl6N4O6SiZr. The molecule has 2 rings (SSSR count). The molecule has 10 nitrogen and oxygen atoms in total. The summed E-state index contributed by atoms with van der Waals surface area (Å²) in [4.78, 5) is 35.1. The molecular weight excluding hydrogens is 796 g/mol. The van der Waals surface area contributed by atoms with Gasteiger partial charge in [0.15, 0.2) is 17.5 Å². The summed E-state index contributed by atoms with van der Waals surface area (Å²) in [5.74, 6) is -0.695. The van der Waals surface area contributed by atoms with E-state index in [-0.39, 0.29) is 84.2 Å². The standard InChI is InChI=1S/C24H32Cl6N4O6Si.2CH3.Zr/c1-3-39-41(37,40-4-2)14-6-5-7-18(35)15-38-13-12-31-20(36)17-10-8-16(9-11-17)19-32-21(23(25,26)27)34-22(33-19)24(28,29)30;;;/h8-11,18,35,37H,3-7,12-15H2,1-2H3,(H,31,36);2*1H3;/q;2*-1;+2. The number of aromatic nitrogens is 3. The molecule has 0 aliphatic rings. The van der Waals surface area contributed by atoms with E-state index in [0.717, 1.165) is 0 Å². The fourth-order valence-electron chi connectivity index (χ4n) is 3.54. The molecule has 0 saturated carbocycles. The first-order chi connectivity index (χ1) is 19.2. The summed E-state index contributed by atoms with van der Waals surface area (Å²) in [5.41, 5.74) is 0.837. The summed E-state index contributed by atoms with van der Waals surface area (Å²) in [6.45, 7) is 4.98. The van der Waals surface area contributed by atoms with Crippen molar-refractivity contribution >= 4 is 84.3 Å². The molecule has 0 aliphatic heterocycles. The van der Waals surface area contributed by atoms with Crippen molar-refractivity contribution in [3.05, 3.63) is 56.3 Å². The van der Waals surface area contributed by atoms with E-state index in [1.54, 1.807) is 24.3 Å². The van der Waals surface area contributed by atoms with Crippen molar-refractivity contribution in [1.29, 1.82) is 0 Å². The molecule has 0 bridgehead atoms. The molecule has 1 aromatic heterocycles. The van der Waals surface area contributed by atoms with Gasteiger partial charge in [-0.05, 0) is 38.8 Å². The van der Waals surface area contributed by atoms with Crippen LogP contribution in [0.3, 0.4) is 0 Å². The summed E-state index contributed by atoms with van der Waals surface area (Å²) >= 11 is 35.5. The molecule has 18 heteroatoms. The van der Waals surface area contributed by atoms with Gasteiger partial charge in [0.25, 0.3) is 5.91 Å². The predicted molar refractivity (Wildman–Crippen MR) is 176 cm³/mol. The number of nitrogens with one attached hydrogen (secondary N) is 1. The number of unbranched alkanes of at least 4 members (excludes halogenated alkanes) is 1. The van der Waals surface area contributed by atoms with Gasteiger partial charge in [0.2, 0.25) is 7.59 Å². The van der Waals surface area contributed by atoms with Crippen LogP contribution in [0.1, 0.15) is 55.1 Å². The van der Waals surface area contributed by atoms with Crippen molar-refractivity contribution in [1.82, 2.24) is 20.3 Å². The van der Waals surface area contributed by atoms with Crippen LogP contribution in [-0.4, -0.2) is 78.6 Å². The number of amides is 1. The Labute approximate surface area is 310 Å². The zero-order chi connectivity index (χ0) is 30.7. The van der Waals surface area contributed by atoms with E-state index in [2.05, 4.69) is 20.3 Å². The maximum atomic E-state index is 12.5. The minimum atomic E-state index is -3.13. The number of nitrogens with zero attached hydrogens (tertiary/aromatic N) is 3. The minimum Gasteiger partial charge on any atom is -0.391 e. The Bertz CT molecular complexity index is 1080. The van der Waals surface area contributed by atoms with Crippen LogP contribution in [0.4, 0.5) is 0 Å². The number of hydrogen-bond acceptors (Lipinski definition) is 9. The van der Waals surface area contributed by atoms with E-state index in [4.69, 9.17) is 83.2 Å². The minimum absolute atomic E-state index is 0. The maximum Gasteiger partial charge on any atom is 2.00 e. The number of ether oxygens (including phenoxy) is 1. The molecule has 248 valence electrons. The molecule has 1 unspecified atom stereocenters. The third-order valence-corrected chi connectivity index (χ3v) is 8.89. The Kier molecular flexibility index (Phi) is 23.3. The number of halogens is 6. The monoisotopic (exact) mass is 830 g/mol. The van der Waals surface area contributed by atoms with Gasteiger partial charge in [-0.1, -0.05) is 88.2 Å². The molecule has 1 aromatic carbocycles. The smallest absolute Gasteiger partial charge is 0.391 e. The van der Waals surface area contributed by atoms with E-state index in [9.17, 15) is 14.7 Å². The van der Waals surface area contributed by atoms with Crippen LogP contribution < -0.4 is 5.32 Å². The van der Waals surface area contributed by atoms with Gasteiger partial charge in [0.1, 0.15) is 0 Å². The Morgan fingerprint density at radius 2 is 1.45 bits per heavy atom. The van der Waals surface area contributed by atoms with Crippen molar-refractivity contribution in [2.45, 2.75) is 52.8 Å². The molecule has 2 aromatic rings. The number of carbonyl (C=O) groups excluding carboxylic acids is 1. The largest absolute Gasteiger partial charge is 2.00 e. The van der Waals surface area contributed by atoms with Crippen LogP contribution in [0.5, 0.6) is 0 Å². The van der Waals surface area contributed by atoms with E-state index in [0.29, 0.717) is 49.6 Å². The second-order valence-corrected chi connectivity index (χ2v) is 15.8. The topological polar surface area (TPSA) is 136 Å². The molecule has 0 spiro atoms. The first-order valence-corrected chi connectivity index (χ1v) is 17.0. The average molecular weight is 835 g/mol. The SMILES string of the molecule is CCO[Si](O)(CCCCC(O)COCCNC(=O)c1ccc(-c2nc(C(Cl)(Cl)Cl)nc(C(Cl)(Cl)Cl)n2)cc1)OCC.[CH3-].[CH3-].[Zr+2].